The number of aliphatic hydroxyl groups is 1. The number of halogens is 1. The van der Waals surface area contributed by atoms with Crippen molar-refractivity contribution in [3.63, 3.8) is 0 Å². The quantitative estimate of drug-likeness (QED) is 0.742. The standard InChI is InChI=1S/C13H17BrN2O/c14-8-1-2-9-11(7-17)10-6-15-4-3-12(10)16-13(9)5-8/h1-2,5,10-12,15-17H,3-4,6-7H2. The third-order valence-electron chi connectivity index (χ3n) is 4.00. The SMILES string of the molecule is OCC1c2ccc(Br)cc2NC2CCNCC21. The second kappa shape index (κ2) is 4.59. The minimum absolute atomic E-state index is 0.235. The van der Waals surface area contributed by atoms with E-state index in [1.54, 1.807) is 0 Å². The molecule has 1 aromatic carbocycles. The summed E-state index contributed by atoms with van der Waals surface area (Å²) >= 11 is 3.51. The third-order valence-corrected chi connectivity index (χ3v) is 4.49. The summed E-state index contributed by atoms with van der Waals surface area (Å²) in [6.07, 6.45) is 1.13. The van der Waals surface area contributed by atoms with Crippen molar-refractivity contribution in [1.29, 1.82) is 0 Å². The Labute approximate surface area is 110 Å². The number of piperidine rings is 1. The van der Waals surface area contributed by atoms with Crippen LogP contribution in [0.25, 0.3) is 0 Å². The summed E-state index contributed by atoms with van der Waals surface area (Å²) < 4.78 is 1.09. The first-order valence-electron chi connectivity index (χ1n) is 6.17. The Morgan fingerprint density at radius 2 is 2.29 bits per heavy atom. The first kappa shape index (κ1) is 11.5. The molecule has 0 bridgehead atoms. The van der Waals surface area contributed by atoms with E-state index in [1.807, 2.05) is 0 Å². The Morgan fingerprint density at radius 3 is 3.12 bits per heavy atom. The van der Waals surface area contributed by atoms with Gasteiger partial charge in [0.05, 0.1) is 6.61 Å². The monoisotopic (exact) mass is 296 g/mol. The average molecular weight is 297 g/mol. The highest BCUT2D eigenvalue weighted by molar-refractivity contribution is 9.10. The van der Waals surface area contributed by atoms with Gasteiger partial charge in [0, 0.05) is 34.6 Å². The number of hydrogen-bond donors (Lipinski definition) is 3. The molecule has 3 nitrogen and oxygen atoms in total. The van der Waals surface area contributed by atoms with Crippen molar-refractivity contribution in [2.24, 2.45) is 5.92 Å². The highest BCUT2D eigenvalue weighted by Gasteiger charge is 2.37. The van der Waals surface area contributed by atoms with Gasteiger partial charge < -0.3 is 15.7 Å². The van der Waals surface area contributed by atoms with Gasteiger partial charge in [-0.3, -0.25) is 0 Å². The van der Waals surface area contributed by atoms with Crippen molar-refractivity contribution < 1.29 is 5.11 Å². The summed E-state index contributed by atoms with van der Waals surface area (Å²) in [5.41, 5.74) is 2.43. The molecule has 0 radical (unpaired) electrons. The smallest absolute Gasteiger partial charge is 0.0504 e. The first-order valence-corrected chi connectivity index (χ1v) is 6.96. The summed E-state index contributed by atoms with van der Waals surface area (Å²) in [6.45, 7) is 2.30. The molecule has 1 aromatic rings. The Balaban J connectivity index is 2.01. The normalized spacial score (nSPS) is 31.3. The number of fused-ring (bicyclic) bond motifs is 2. The summed E-state index contributed by atoms with van der Waals surface area (Å²) in [5, 5.41) is 16.7. The van der Waals surface area contributed by atoms with Gasteiger partial charge in [-0.05, 0) is 30.7 Å². The molecule has 17 heavy (non-hydrogen) atoms. The molecule has 3 atom stereocenters. The maximum absolute atomic E-state index is 9.68. The van der Waals surface area contributed by atoms with Gasteiger partial charge in [-0.1, -0.05) is 22.0 Å². The molecule has 1 fully saturated rings. The molecular formula is C13H17BrN2O. The van der Waals surface area contributed by atoms with E-state index < -0.39 is 0 Å². The molecular weight excluding hydrogens is 280 g/mol. The Morgan fingerprint density at radius 1 is 1.41 bits per heavy atom. The van der Waals surface area contributed by atoms with E-state index in [9.17, 15) is 5.11 Å². The highest BCUT2D eigenvalue weighted by Crippen LogP contribution is 2.40. The molecule has 2 heterocycles. The van der Waals surface area contributed by atoms with Crippen LogP contribution < -0.4 is 10.6 Å². The lowest BCUT2D eigenvalue weighted by Gasteiger charge is -2.43. The van der Waals surface area contributed by atoms with Crippen molar-refractivity contribution in [3.05, 3.63) is 28.2 Å². The van der Waals surface area contributed by atoms with Crippen molar-refractivity contribution in [2.75, 3.05) is 25.0 Å². The fraction of sp³-hybridized carbons (Fsp3) is 0.538. The van der Waals surface area contributed by atoms with E-state index in [2.05, 4.69) is 44.8 Å². The zero-order chi connectivity index (χ0) is 11.8. The van der Waals surface area contributed by atoms with Crippen molar-refractivity contribution in [3.8, 4) is 0 Å². The molecule has 3 rings (SSSR count). The van der Waals surface area contributed by atoms with Crippen LogP contribution >= 0.6 is 15.9 Å². The second-order valence-corrected chi connectivity index (χ2v) is 5.84. The zero-order valence-corrected chi connectivity index (χ0v) is 11.2. The van der Waals surface area contributed by atoms with E-state index in [4.69, 9.17) is 0 Å². The van der Waals surface area contributed by atoms with Crippen LogP contribution in [0.15, 0.2) is 22.7 Å². The van der Waals surface area contributed by atoms with Gasteiger partial charge in [-0.25, -0.2) is 0 Å². The van der Waals surface area contributed by atoms with Crippen LogP contribution in [0, 0.1) is 5.92 Å². The van der Waals surface area contributed by atoms with Gasteiger partial charge in [0.15, 0.2) is 0 Å². The predicted molar refractivity (Wildman–Crippen MR) is 72.4 cm³/mol. The molecule has 0 saturated carbocycles. The fourth-order valence-corrected chi connectivity index (χ4v) is 3.49. The average Bonchev–Trinajstić information content (AvgIpc) is 2.35. The molecule has 92 valence electrons. The molecule has 3 unspecified atom stereocenters. The van der Waals surface area contributed by atoms with Crippen LogP contribution in [0.4, 0.5) is 5.69 Å². The summed E-state index contributed by atoms with van der Waals surface area (Å²) in [4.78, 5) is 0. The van der Waals surface area contributed by atoms with E-state index in [-0.39, 0.29) is 12.5 Å². The molecule has 2 aliphatic heterocycles. The number of benzene rings is 1. The van der Waals surface area contributed by atoms with Crippen LogP contribution in [0.2, 0.25) is 0 Å². The van der Waals surface area contributed by atoms with Crippen molar-refractivity contribution >= 4 is 21.6 Å². The molecule has 3 N–H and O–H groups in total. The summed E-state index contributed by atoms with van der Waals surface area (Å²) in [7, 11) is 0. The highest BCUT2D eigenvalue weighted by atomic mass is 79.9. The van der Waals surface area contributed by atoms with Gasteiger partial charge in [0.1, 0.15) is 0 Å². The van der Waals surface area contributed by atoms with Crippen LogP contribution in [0.1, 0.15) is 17.9 Å². The second-order valence-electron chi connectivity index (χ2n) is 4.93. The molecule has 1 saturated heterocycles. The van der Waals surface area contributed by atoms with Gasteiger partial charge in [0.2, 0.25) is 0 Å². The van der Waals surface area contributed by atoms with Gasteiger partial charge in [-0.2, -0.15) is 0 Å². The summed E-state index contributed by atoms with van der Waals surface area (Å²) in [6, 6.07) is 6.80. The van der Waals surface area contributed by atoms with Crippen molar-refractivity contribution in [2.45, 2.75) is 18.4 Å². The third kappa shape index (κ3) is 1.98. The van der Waals surface area contributed by atoms with E-state index in [0.717, 1.165) is 24.0 Å². The Kier molecular flexibility index (Phi) is 3.11. The van der Waals surface area contributed by atoms with E-state index in [0.29, 0.717) is 12.0 Å². The largest absolute Gasteiger partial charge is 0.396 e. The Bertz CT molecular complexity index is 424. The van der Waals surface area contributed by atoms with Gasteiger partial charge in [0.25, 0.3) is 0 Å². The van der Waals surface area contributed by atoms with E-state index >= 15 is 0 Å². The lowest BCUT2D eigenvalue weighted by Crippen LogP contribution is -2.49. The maximum Gasteiger partial charge on any atom is 0.0504 e. The number of aliphatic hydroxyl groups excluding tert-OH is 1. The topological polar surface area (TPSA) is 44.3 Å². The molecule has 0 aliphatic carbocycles. The molecule has 0 spiro atoms. The number of nitrogens with one attached hydrogen (secondary N) is 2. The minimum Gasteiger partial charge on any atom is -0.396 e. The van der Waals surface area contributed by atoms with Crippen LogP contribution in [0.5, 0.6) is 0 Å². The lowest BCUT2D eigenvalue weighted by atomic mass is 9.75. The molecule has 2 aliphatic rings. The van der Waals surface area contributed by atoms with E-state index in [1.165, 1.54) is 11.3 Å². The van der Waals surface area contributed by atoms with Crippen LogP contribution in [-0.4, -0.2) is 30.8 Å². The maximum atomic E-state index is 9.68. The van der Waals surface area contributed by atoms with Gasteiger partial charge in [-0.15, -0.1) is 0 Å². The Hall–Kier alpha value is -0.580. The molecule has 0 amide bonds. The summed E-state index contributed by atoms with van der Waals surface area (Å²) in [5.74, 6) is 0.763. The van der Waals surface area contributed by atoms with Gasteiger partial charge >= 0.3 is 0 Å². The first-order chi connectivity index (χ1) is 8.29. The van der Waals surface area contributed by atoms with Crippen molar-refractivity contribution in [1.82, 2.24) is 5.32 Å². The number of rotatable bonds is 1. The number of anilines is 1. The molecule has 0 aromatic heterocycles. The lowest BCUT2D eigenvalue weighted by molar-refractivity contribution is 0.189. The minimum atomic E-state index is 0.235. The predicted octanol–water partition coefficient (Wildman–Crippen LogP) is 1.93. The fourth-order valence-electron chi connectivity index (χ4n) is 3.13. The van der Waals surface area contributed by atoms with Crippen LogP contribution in [0.3, 0.4) is 0 Å². The zero-order valence-electron chi connectivity index (χ0n) is 9.62. The molecule has 4 heteroatoms. The number of hydrogen-bond acceptors (Lipinski definition) is 3. The van der Waals surface area contributed by atoms with Crippen LogP contribution in [-0.2, 0) is 0 Å².